The van der Waals surface area contributed by atoms with Crippen LogP contribution in [0.25, 0.3) is 0 Å². The molecule has 160 valence electrons. The lowest BCUT2D eigenvalue weighted by atomic mass is 9.73. The van der Waals surface area contributed by atoms with Crippen LogP contribution in [0.1, 0.15) is 81.9 Å². The Labute approximate surface area is 181 Å². The van der Waals surface area contributed by atoms with Crippen molar-refractivity contribution in [3.8, 4) is 11.8 Å². The molecule has 0 saturated heterocycles. The Balaban J connectivity index is 1.52. The molecule has 1 aliphatic carbocycles. The summed E-state index contributed by atoms with van der Waals surface area (Å²) in [6, 6.07) is 11.4. The first-order chi connectivity index (χ1) is 14.5. The quantitative estimate of drug-likeness (QED) is 0.322. The summed E-state index contributed by atoms with van der Waals surface area (Å²) in [7, 11) is 0. The minimum atomic E-state index is -0.296. The van der Waals surface area contributed by atoms with Crippen molar-refractivity contribution in [3.63, 3.8) is 0 Å². The highest BCUT2D eigenvalue weighted by Crippen LogP contribution is 2.37. The van der Waals surface area contributed by atoms with E-state index in [1.165, 1.54) is 63.5 Å². The van der Waals surface area contributed by atoms with E-state index < -0.39 is 0 Å². The Morgan fingerprint density at radius 3 is 2.33 bits per heavy atom. The molecule has 0 N–H and O–H groups in total. The summed E-state index contributed by atoms with van der Waals surface area (Å²) in [5.41, 5.74) is 2.12. The van der Waals surface area contributed by atoms with E-state index in [0.717, 1.165) is 23.8 Å². The number of halogens is 2. The molecule has 3 rings (SSSR count). The molecule has 1 aliphatic rings. The molecule has 30 heavy (non-hydrogen) atoms. The fourth-order valence-electron chi connectivity index (χ4n) is 4.73. The summed E-state index contributed by atoms with van der Waals surface area (Å²) >= 11 is 0. The van der Waals surface area contributed by atoms with Crippen LogP contribution in [0, 0.1) is 41.2 Å². The average Bonchev–Trinajstić information content (AvgIpc) is 2.75. The minimum Gasteiger partial charge on any atom is -0.207 e. The Morgan fingerprint density at radius 1 is 0.933 bits per heavy atom. The summed E-state index contributed by atoms with van der Waals surface area (Å²) in [4.78, 5) is 0. The van der Waals surface area contributed by atoms with Crippen molar-refractivity contribution in [2.45, 2.75) is 71.6 Å². The van der Waals surface area contributed by atoms with Gasteiger partial charge in [-0.25, -0.2) is 8.78 Å². The zero-order valence-corrected chi connectivity index (χ0v) is 18.4. The minimum absolute atomic E-state index is 0.269. The molecule has 0 amide bonds. The van der Waals surface area contributed by atoms with Crippen molar-refractivity contribution in [1.29, 1.82) is 0 Å². The van der Waals surface area contributed by atoms with Crippen LogP contribution in [0.2, 0.25) is 0 Å². The molecule has 1 unspecified atom stereocenters. The summed E-state index contributed by atoms with van der Waals surface area (Å²) in [5, 5.41) is 0. The van der Waals surface area contributed by atoms with Crippen LogP contribution in [-0.2, 0) is 6.42 Å². The predicted molar refractivity (Wildman–Crippen MR) is 121 cm³/mol. The van der Waals surface area contributed by atoms with E-state index in [4.69, 9.17) is 0 Å². The molecule has 0 radical (unpaired) electrons. The molecule has 0 spiro atoms. The second kappa shape index (κ2) is 11.3. The van der Waals surface area contributed by atoms with E-state index >= 15 is 0 Å². The van der Waals surface area contributed by atoms with E-state index in [-0.39, 0.29) is 11.6 Å². The van der Waals surface area contributed by atoms with Gasteiger partial charge in [0.15, 0.2) is 0 Å². The highest BCUT2D eigenvalue weighted by Gasteiger charge is 2.25. The van der Waals surface area contributed by atoms with Crippen LogP contribution in [0.4, 0.5) is 8.78 Å². The third-order valence-corrected chi connectivity index (χ3v) is 6.69. The van der Waals surface area contributed by atoms with Crippen molar-refractivity contribution < 1.29 is 8.78 Å². The number of benzene rings is 2. The SMILES string of the molecule is CCCCCC1CCC(C(C)Cc2ccc(C#Cc3ccc(F)cc3)c(F)c2)CC1. The first-order valence-corrected chi connectivity index (χ1v) is 11.6. The first-order valence-electron chi connectivity index (χ1n) is 11.6. The van der Waals surface area contributed by atoms with E-state index in [1.807, 2.05) is 6.07 Å². The van der Waals surface area contributed by atoms with Crippen LogP contribution in [0.3, 0.4) is 0 Å². The Bertz CT molecular complexity index is 848. The summed E-state index contributed by atoms with van der Waals surface area (Å²) in [5.74, 6) is 7.48. The van der Waals surface area contributed by atoms with Crippen molar-refractivity contribution in [1.82, 2.24) is 0 Å². The highest BCUT2D eigenvalue weighted by molar-refractivity contribution is 5.44. The van der Waals surface area contributed by atoms with E-state index in [2.05, 4.69) is 25.7 Å². The second-order valence-corrected chi connectivity index (χ2v) is 9.03. The van der Waals surface area contributed by atoms with Gasteiger partial charge in [0.2, 0.25) is 0 Å². The fraction of sp³-hybridized carbons (Fsp3) is 0.500. The van der Waals surface area contributed by atoms with Crippen LogP contribution in [-0.4, -0.2) is 0 Å². The zero-order valence-electron chi connectivity index (χ0n) is 18.4. The maximum atomic E-state index is 14.5. The molecule has 0 aliphatic heterocycles. The van der Waals surface area contributed by atoms with E-state index in [0.29, 0.717) is 17.0 Å². The van der Waals surface area contributed by atoms with Gasteiger partial charge in [0, 0.05) is 5.56 Å². The number of unbranched alkanes of at least 4 members (excludes halogenated alkanes) is 2. The molecule has 0 bridgehead atoms. The van der Waals surface area contributed by atoms with Crippen LogP contribution in [0.15, 0.2) is 42.5 Å². The first kappa shape index (κ1) is 22.5. The van der Waals surface area contributed by atoms with Gasteiger partial charge in [0.25, 0.3) is 0 Å². The molecule has 0 heterocycles. The van der Waals surface area contributed by atoms with Crippen molar-refractivity contribution >= 4 is 0 Å². The van der Waals surface area contributed by atoms with Crippen molar-refractivity contribution in [2.75, 3.05) is 0 Å². The lowest BCUT2D eigenvalue weighted by Gasteiger charge is -2.32. The van der Waals surface area contributed by atoms with Crippen molar-refractivity contribution in [3.05, 3.63) is 70.8 Å². The molecular formula is C28H34F2. The number of rotatable bonds is 7. The molecule has 1 fully saturated rings. The van der Waals surface area contributed by atoms with Gasteiger partial charge in [0.1, 0.15) is 11.6 Å². The van der Waals surface area contributed by atoms with Crippen molar-refractivity contribution in [2.24, 2.45) is 17.8 Å². The predicted octanol–water partition coefficient (Wildman–Crippen LogP) is 7.93. The lowest BCUT2D eigenvalue weighted by Crippen LogP contribution is -2.21. The topological polar surface area (TPSA) is 0 Å². The Morgan fingerprint density at radius 2 is 1.67 bits per heavy atom. The van der Waals surface area contributed by atoms with Gasteiger partial charge in [-0.3, -0.25) is 0 Å². The Kier molecular flexibility index (Phi) is 8.50. The summed E-state index contributed by atoms with van der Waals surface area (Å²) in [6.45, 7) is 4.59. The van der Waals surface area contributed by atoms with E-state index in [9.17, 15) is 8.78 Å². The molecule has 2 aromatic carbocycles. The van der Waals surface area contributed by atoms with Crippen LogP contribution >= 0.6 is 0 Å². The maximum Gasteiger partial charge on any atom is 0.139 e. The fourth-order valence-corrected chi connectivity index (χ4v) is 4.73. The van der Waals surface area contributed by atoms with Crippen LogP contribution < -0.4 is 0 Å². The molecule has 0 aromatic heterocycles. The summed E-state index contributed by atoms with van der Waals surface area (Å²) < 4.78 is 27.5. The van der Waals surface area contributed by atoms with Crippen LogP contribution in [0.5, 0.6) is 0 Å². The van der Waals surface area contributed by atoms with Gasteiger partial charge in [0.05, 0.1) is 5.56 Å². The molecule has 2 heteroatoms. The number of hydrogen-bond donors (Lipinski definition) is 0. The van der Waals surface area contributed by atoms with Gasteiger partial charge in [-0.2, -0.15) is 0 Å². The molecule has 1 atom stereocenters. The van der Waals surface area contributed by atoms with Gasteiger partial charge in [-0.05, 0) is 79.0 Å². The third kappa shape index (κ3) is 6.69. The Hall–Kier alpha value is -2.14. The monoisotopic (exact) mass is 408 g/mol. The summed E-state index contributed by atoms with van der Waals surface area (Å²) in [6.07, 6.45) is 11.8. The van der Waals surface area contributed by atoms with E-state index in [1.54, 1.807) is 24.3 Å². The van der Waals surface area contributed by atoms with Gasteiger partial charge in [-0.15, -0.1) is 0 Å². The smallest absolute Gasteiger partial charge is 0.139 e. The van der Waals surface area contributed by atoms with Gasteiger partial charge >= 0.3 is 0 Å². The zero-order chi connectivity index (χ0) is 21.3. The maximum absolute atomic E-state index is 14.5. The molecular weight excluding hydrogens is 374 g/mol. The number of hydrogen-bond acceptors (Lipinski definition) is 0. The second-order valence-electron chi connectivity index (χ2n) is 9.03. The van der Waals surface area contributed by atoms with Gasteiger partial charge < -0.3 is 0 Å². The largest absolute Gasteiger partial charge is 0.207 e. The molecule has 0 nitrogen and oxygen atoms in total. The molecule has 2 aromatic rings. The standard InChI is InChI=1S/C28H34F2/c1-3-4-5-6-22-7-13-25(14-8-22)21(2)19-24-10-16-26(28(30)20-24)15-9-23-11-17-27(29)18-12-23/h10-12,16-18,20-22,25H,3-8,13-14,19H2,1-2H3. The third-order valence-electron chi connectivity index (χ3n) is 6.69. The molecule has 1 saturated carbocycles. The van der Waals surface area contributed by atoms with Gasteiger partial charge in [-0.1, -0.05) is 70.3 Å². The normalized spacial score (nSPS) is 19.7. The highest BCUT2D eigenvalue weighted by atomic mass is 19.1. The lowest BCUT2D eigenvalue weighted by molar-refractivity contribution is 0.204. The average molecular weight is 409 g/mol.